The van der Waals surface area contributed by atoms with Crippen LogP contribution >= 0.6 is 0 Å². The first kappa shape index (κ1) is 20.9. The molecule has 0 bridgehead atoms. The predicted molar refractivity (Wildman–Crippen MR) is 116 cm³/mol. The minimum Gasteiger partial charge on any atom is -0.377 e. The molecule has 8 nitrogen and oxygen atoms in total. The lowest BCUT2D eigenvalue weighted by molar-refractivity contribution is -0.138. The zero-order valence-electron chi connectivity index (χ0n) is 17.8. The molecule has 168 valence electrons. The fourth-order valence-corrected chi connectivity index (χ4v) is 6.40. The van der Waals surface area contributed by atoms with Crippen LogP contribution in [0.2, 0.25) is 0 Å². The first-order valence-electron chi connectivity index (χ1n) is 11.3. The molecule has 0 aliphatic carbocycles. The molecule has 0 saturated carbocycles. The van der Waals surface area contributed by atoms with Gasteiger partial charge in [0.25, 0.3) is 10.0 Å². The first-order chi connectivity index (χ1) is 15.0. The van der Waals surface area contributed by atoms with Gasteiger partial charge in [0.2, 0.25) is 5.91 Å². The van der Waals surface area contributed by atoms with Crippen molar-refractivity contribution >= 4 is 21.8 Å². The molecule has 3 saturated heterocycles. The van der Waals surface area contributed by atoms with Crippen molar-refractivity contribution in [2.45, 2.75) is 36.7 Å². The van der Waals surface area contributed by atoms with Gasteiger partial charge in [0, 0.05) is 58.0 Å². The second-order valence-electron chi connectivity index (χ2n) is 8.93. The lowest BCUT2D eigenvalue weighted by atomic mass is 9.95. The van der Waals surface area contributed by atoms with E-state index in [0.717, 1.165) is 71.6 Å². The number of carbonyl (C=O) groups excluding carboxylic acids is 1. The number of fused-ring (bicyclic) bond motifs is 1. The summed E-state index contributed by atoms with van der Waals surface area (Å²) in [6, 6.07) is 6.95. The number of amides is 1. The molecular formula is C22H30N4O4S. The second-order valence-corrected chi connectivity index (χ2v) is 10.5. The molecule has 31 heavy (non-hydrogen) atoms. The van der Waals surface area contributed by atoms with E-state index in [2.05, 4.69) is 9.30 Å². The van der Waals surface area contributed by atoms with E-state index in [1.54, 1.807) is 18.2 Å². The summed E-state index contributed by atoms with van der Waals surface area (Å²) in [5.74, 6) is 0.572. The van der Waals surface area contributed by atoms with Crippen LogP contribution < -0.4 is 0 Å². The summed E-state index contributed by atoms with van der Waals surface area (Å²) in [6.07, 6.45) is 4.34. The number of hydrogen-bond acceptors (Lipinski definition) is 6. The van der Waals surface area contributed by atoms with Gasteiger partial charge in [0.1, 0.15) is 4.90 Å². The Kier molecular flexibility index (Phi) is 5.75. The zero-order valence-corrected chi connectivity index (χ0v) is 18.6. The van der Waals surface area contributed by atoms with E-state index < -0.39 is 10.0 Å². The Hall–Kier alpha value is -1.97. The van der Waals surface area contributed by atoms with E-state index in [1.807, 2.05) is 15.9 Å². The number of piperazine rings is 1. The molecule has 2 atom stereocenters. The molecule has 2 unspecified atom stereocenters. The van der Waals surface area contributed by atoms with Crippen LogP contribution in [0.3, 0.4) is 0 Å². The topological polar surface area (TPSA) is 82.5 Å². The number of nitrogens with zero attached hydrogens (tertiary/aromatic N) is 4. The lowest BCUT2D eigenvalue weighted by Crippen LogP contribution is -2.53. The zero-order chi connectivity index (χ0) is 21.4. The summed E-state index contributed by atoms with van der Waals surface area (Å²) in [4.78, 5) is 19.9. The third-order valence-corrected chi connectivity index (χ3v) is 8.18. The highest BCUT2D eigenvalue weighted by atomic mass is 32.2. The van der Waals surface area contributed by atoms with Gasteiger partial charge >= 0.3 is 0 Å². The quantitative estimate of drug-likeness (QED) is 0.693. The second kappa shape index (κ2) is 8.52. The lowest BCUT2D eigenvalue weighted by Gasteiger charge is -2.39. The van der Waals surface area contributed by atoms with Gasteiger partial charge < -0.3 is 14.5 Å². The van der Waals surface area contributed by atoms with Crippen molar-refractivity contribution in [3.05, 3.63) is 29.8 Å². The number of benzene rings is 1. The van der Waals surface area contributed by atoms with E-state index in [4.69, 9.17) is 4.74 Å². The van der Waals surface area contributed by atoms with Crippen molar-refractivity contribution in [2.24, 2.45) is 10.3 Å². The van der Waals surface area contributed by atoms with Crippen molar-refractivity contribution in [1.29, 1.82) is 0 Å². The predicted octanol–water partition coefficient (Wildman–Crippen LogP) is 1.17. The molecule has 4 aliphatic heterocycles. The molecule has 0 aromatic heterocycles. The van der Waals surface area contributed by atoms with E-state index in [9.17, 15) is 13.2 Å². The highest BCUT2D eigenvalue weighted by molar-refractivity contribution is 7.90. The molecule has 0 N–H and O–H groups in total. The molecule has 1 aromatic rings. The third kappa shape index (κ3) is 4.23. The van der Waals surface area contributed by atoms with Gasteiger partial charge in [-0.1, -0.05) is 12.1 Å². The fourth-order valence-electron chi connectivity index (χ4n) is 5.17. The highest BCUT2D eigenvalue weighted by Gasteiger charge is 2.37. The minimum atomic E-state index is -3.64. The molecule has 9 heteroatoms. The summed E-state index contributed by atoms with van der Waals surface area (Å²) in [5.41, 5.74) is 0.651. The largest absolute Gasteiger partial charge is 0.377 e. The Labute approximate surface area is 183 Å². The minimum absolute atomic E-state index is 0.114. The van der Waals surface area contributed by atoms with Gasteiger partial charge in [-0.15, -0.1) is 4.40 Å². The molecule has 4 heterocycles. The molecular weight excluding hydrogens is 416 g/mol. The Morgan fingerprint density at radius 2 is 1.87 bits per heavy atom. The normalized spacial score (nSPS) is 28.5. The smallest absolute Gasteiger partial charge is 0.285 e. The number of piperidine rings is 1. The van der Waals surface area contributed by atoms with Gasteiger partial charge in [0.15, 0.2) is 5.84 Å². The van der Waals surface area contributed by atoms with Gasteiger partial charge in [0.05, 0.1) is 12.0 Å². The number of rotatable bonds is 3. The molecule has 3 fully saturated rings. The number of amidine groups is 1. The first-order valence-corrected chi connectivity index (χ1v) is 12.8. The Balaban J connectivity index is 1.21. The summed E-state index contributed by atoms with van der Waals surface area (Å²) >= 11 is 0. The number of likely N-dealkylation sites (tertiary alicyclic amines) is 1. The fraction of sp³-hybridized carbons (Fsp3) is 0.636. The van der Waals surface area contributed by atoms with E-state index in [1.165, 1.54) is 0 Å². The van der Waals surface area contributed by atoms with Crippen molar-refractivity contribution in [2.75, 3.05) is 52.4 Å². The Morgan fingerprint density at radius 1 is 1.06 bits per heavy atom. The number of hydrogen-bond donors (Lipinski definition) is 0. The van der Waals surface area contributed by atoms with Crippen LogP contribution in [0.4, 0.5) is 0 Å². The van der Waals surface area contributed by atoms with Gasteiger partial charge in [-0.3, -0.25) is 9.69 Å². The van der Waals surface area contributed by atoms with Crippen molar-refractivity contribution in [3.8, 4) is 0 Å². The molecule has 5 rings (SSSR count). The average molecular weight is 447 g/mol. The molecule has 0 spiro atoms. The van der Waals surface area contributed by atoms with E-state index in [-0.39, 0.29) is 16.7 Å². The molecule has 0 radical (unpaired) electrons. The number of ether oxygens (including phenoxy) is 1. The monoisotopic (exact) mass is 446 g/mol. The Bertz CT molecular complexity index is 965. The molecule has 1 aromatic carbocycles. The van der Waals surface area contributed by atoms with Crippen molar-refractivity contribution < 1.29 is 17.9 Å². The van der Waals surface area contributed by atoms with Crippen LogP contribution in [0, 0.1) is 5.92 Å². The summed E-state index contributed by atoms with van der Waals surface area (Å²) < 4.78 is 34.6. The molecule has 1 amide bonds. The summed E-state index contributed by atoms with van der Waals surface area (Å²) in [7, 11) is -3.64. The van der Waals surface area contributed by atoms with Crippen LogP contribution in [0.1, 0.15) is 31.2 Å². The van der Waals surface area contributed by atoms with Crippen LogP contribution in [-0.4, -0.2) is 93.4 Å². The molecule has 4 aliphatic rings. The Morgan fingerprint density at radius 3 is 2.65 bits per heavy atom. The van der Waals surface area contributed by atoms with Gasteiger partial charge in [-0.05, 0) is 37.8 Å². The van der Waals surface area contributed by atoms with Crippen LogP contribution in [0.5, 0.6) is 0 Å². The summed E-state index contributed by atoms with van der Waals surface area (Å²) in [5, 5.41) is 0. The average Bonchev–Trinajstić information content (AvgIpc) is 3.40. The number of carbonyl (C=O) groups is 1. The number of sulfonamides is 1. The van der Waals surface area contributed by atoms with Crippen molar-refractivity contribution in [3.63, 3.8) is 0 Å². The third-order valence-electron chi connectivity index (χ3n) is 6.85. The van der Waals surface area contributed by atoms with E-state index in [0.29, 0.717) is 24.0 Å². The van der Waals surface area contributed by atoms with Crippen LogP contribution in [0.15, 0.2) is 33.6 Å². The maximum absolute atomic E-state index is 13.2. The van der Waals surface area contributed by atoms with Crippen molar-refractivity contribution in [1.82, 2.24) is 14.7 Å². The standard InChI is InChI=1S/C22H30N4O4S/c27-22(25-12-10-24(11-13-25)16-18-6-4-14-30-18)17-5-3-9-26(15-17)21-19-7-1-2-8-20(19)31(28,29)23-21/h1-2,7-8,17-18H,3-6,9-16H2. The summed E-state index contributed by atoms with van der Waals surface area (Å²) in [6.45, 7) is 6.37. The van der Waals surface area contributed by atoms with Crippen LogP contribution in [-0.2, 0) is 19.6 Å². The van der Waals surface area contributed by atoms with Crippen LogP contribution in [0.25, 0.3) is 0 Å². The van der Waals surface area contributed by atoms with Gasteiger partial charge in [-0.25, -0.2) is 0 Å². The maximum atomic E-state index is 13.2. The SMILES string of the molecule is O=C(C1CCCN(C2=NS(=O)(=O)c3ccccc32)C1)N1CCN(CC2CCCO2)CC1. The van der Waals surface area contributed by atoms with E-state index >= 15 is 0 Å². The van der Waals surface area contributed by atoms with Gasteiger partial charge in [-0.2, -0.15) is 8.42 Å². The maximum Gasteiger partial charge on any atom is 0.285 e. The highest BCUT2D eigenvalue weighted by Crippen LogP contribution is 2.30.